The fourth-order valence-corrected chi connectivity index (χ4v) is 1.27. The van der Waals surface area contributed by atoms with Crippen LogP contribution in [0.2, 0.25) is 0 Å². The molecule has 0 saturated heterocycles. The van der Waals surface area contributed by atoms with Crippen LogP contribution in [-0.4, -0.2) is 27.1 Å². The highest BCUT2D eigenvalue weighted by molar-refractivity contribution is 7.86. The fraction of sp³-hybridized carbons (Fsp3) is 0.571. The molecule has 5 heteroatoms. The van der Waals surface area contributed by atoms with Crippen molar-refractivity contribution in [3.05, 3.63) is 12.7 Å². The van der Waals surface area contributed by atoms with Crippen LogP contribution in [-0.2, 0) is 19.1 Å². The van der Waals surface area contributed by atoms with Gasteiger partial charge in [-0.1, -0.05) is 6.58 Å². The average molecular weight is 192 g/mol. The number of carbonyl (C=O) groups is 1. The average Bonchev–Trinajstić information content (AvgIpc) is 2.04. The SMILES string of the molecule is C=CC(=O)CCCS(=O)(=O)OC. The smallest absolute Gasteiger partial charge is 0.267 e. The Morgan fingerprint density at radius 2 is 2.17 bits per heavy atom. The third-order valence-corrected chi connectivity index (χ3v) is 2.60. The van der Waals surface area contributed by atoms with Crippen molar-refractivity contribution in [3.63, 3.8) is 0 Å². The van der Waals surface area contributed by atoms with E-state index in [-0.39, 0.29) is 24.4 Å². The van der Waals surface area contributed by atoms with Crippen molar-refractivity contribution in [1.29, 1.82) is 0 Å². The summed E-state index contributed by atoms with van der Waals surface area (Å²) in [6, 6.07) is 0. The van der Waals surface area contributed by atoms with Gasteiger partial charge in [0.05, 0.1) is 12.9 Å². The number of hydrogen-bond acceptors (Lipinski definition) is 4. The van der Waals surface area contributed by atoms with Gasteiger partial charge in [0.25, 0.3) is 10.1 Å². The summed E-state index contributed by atoms with van der Waals surface area (Å²) in [7, 11) is -2.31. The molecule has 0 N–H and O–H groups in total. The molecule has 70 valence electrons. The molecule has 0 unspecified atom stereocenters. The number of rotatable bonds is 6. The molecule has 0 bridgehead atoms. The molecule has 0 aliphatic rings. The zero-order valence-electron chi connectivity index (χ0n) is 6.95. The molecule has 0 aliphatic carbocycles. The topological polar surface area (TPSA) is 60.4 Å². The van der Waals surface area contributed by atoms with Crippen molar-refractivity contribution in [3.8, 4) is 0 Å². The van der Waals surface area contributed by atoms with E-state index >= 15 is 0 Å². The molecule has 0 rings (SSSR count). The first kappa shape index (κ1) is 11.3. The minimum Gasteiger partial charge on any atom is -0.295 e. The third-order valence-electron chi connectivity index (χ3n) is 1.30. The van der Waals surface area contributed by atoms with Gasteiger partial charge in [0.1, 0.15) is 0 Å². The summed E-state index contributed by atoms with van der Waals surface area (Å²) in [6.07, 6.45) is 1.66. The molecule has 0 atom stereocenters. The van der Waals surface area contributed by atoms with Crippen LogP contribution in [0.5, 0.6) is 0 Å². The molecule has 0 aromatic heterocycles. The van der Waals surface area contributed by atoms with E-state index in [9.17, 15) is 13.2 Å². The highest BCUT2D eigenvalue weighted by Crippen LogP contribution is 1.98. The maximum Gasteiger partial charge on any atom is 0.267 e. The fourth-order valence-electron chi connectivity index (χ4n) is 0.609. The van der Waals surface area contributed by atoms with Crippen molar-refractivity contribution < 1.29 is 17.4 Å². The van der Waals surface area contributed by atoms with Crippen LogP contribution in [0.15, 0.2) is 12.7 Å². The van der Waals surface area contributed by atoms with Crippen LogP contribution in [0.25, 0.3) is 0 Å². The van der Waals surface area contributed by atoms with Gasteiger partial charge in [0, 0.05) is 6.42 Å². The van der Waals surface area contributed by atoms with Crippen LogP contribution in [0.4, 0.5) is 0 Å². The van der Waals surface area contributed by atoms with Crippen LogP contribution < -0.4 is 0 Å². The van der Waals surface area contributed by atoms with Gasteiger partial charge in [0.15, 0.2) is 5.78 Å². The molecular weight excluding hydrogens is 180 g/mol. The van der Waals surface area contributed by atoms with Crippen molar-refractivity contribution >= 4 is 15.9 Å². The normalized spacial score (nSPS) is 11.1. The highest BCUT2D eigenvalue weighted by Gasteiger charge is 2.08. The standard InChI is InChI=1S/C7H12O4S/c1-3-7(8)5-4-6-12(9,10)11-2/h3H,1,4-6H2,2H3. The summed E-state index contributed by atoms with van der Waals surface area (Å²) in [5.74, 6) is -0.274. The predicted octanol–water partition coefficient (Wildman–Crippen LogP) is 0.498. The summed E-state index contributed by atoms with van der Waals surface area (Å²) in [4.78, 5) is 10.6. The lowest BCUT2D eigenvalue weighted by Crippen LogP contribution is -2.08. The quantitative estimate of drug-likeness (QED) is 0.454. The second-order valence-electron chi connectivity index (χ2n) is 2.20. The van der Waals surface area contributed by atoms with Gasteiger partial charge in [-0.2, -0.15) is 8.42 Å². The first-order valence-corrected chi connectivity index (χ1v) is 5.03. The Hall–Kier alpha value is -0.680. The Labute approximate surface area is 72.3 Å². The van der Waals surface area contributed by atoms with E-state index in [1.54, 1.807) is 0 Å². The Morgan fingerprint density at radius 3 is 2.58 bits per heavy atom. The van der Waals surface area contributed by atoms with Gasteiger partial charge >= 0.3 is 0 Å². The van der Waals surface area contributed by atoms with Crippen LogP contribution in [0.1, 0.15) is 12.8 Å². The Morgan fingerprint density at radius 1 is 1.58 bits per heavy atom. The molecule has 0 aromatic rings. The Balaban J connectivity index is 3.71. The molecule has 0 radical (unpaired) electrons. The minimum absolute atomic E-state index is 0.122. The molecule has 0 amide bonds. The van der Waals surface area contributed by atoms with Gasteiger partial charge in [-0.25, -0.2) is 0 Å². The van der Waals surface area contributed by atoms with Gasteiger partial charge in [0.2, 0.25) is 0 Å². The molecule has 0 fully saturated rings. The maximum atomic E-state index is 10.7. The van der Waals surface area contributed by atoms with Gasteiger partial charge in [-0.05, 0) is 12.5 Å². The zero-order chi connectivity index (χ0) is 9.61. The van der Waals surface area contributed by atoms with E-state index in [0.29, 0.717) is 0 Å². The minimum atomic E-state index is -3.41. The molecule has 12 heavy (non-hydrogen) atoms. The summed E-state index contributed by atoms with van der Waals surface area (Å²) >= 11 is 0. The van der Waals surface area contributed by atoms with E-state index in [1.807, 2.05) is 0 Å². The number of carbonyl (C=O) groups excluding carboxylic acids is 1. The Kier molecular flexibility index (Phi) is 4.77. The van der Waals surface area contributed by atoms with Crippen LogP contribution in [0.3, 0.4) is 0 Å². The van der Waals surface area contributed by atoms with E-state index < -0.39 is 10.1 Å². The van der Waals surface area contributed by atoms with Crippen molar-refractivity contribution in [2.24, 2.45) is 0 Å². The van der Waals surface area contributed by atoms with E-state index in [4.69, 9.17) is 0 Å². The monoisotopic (exact) mass is 192 g/mol. The largest absolute Gasteiger partial charge is 0.295 e. The molecule has 0 aromatic carbocycles. The van der Waals surface area contributed by atoms with Crippen LogP contribution >= 0.6 is 0 Å². The molecule has 0 aliphatic heterocycles. The highest BCUT2D eigenvalue weighted by atomic mass is 32.2. The molecule has 0 heterocycles. The van der Waals surface area contributed by atoms with Gasteiger partial charge < -0.3 is 0 Å². The lowest BCUT2D eigenvalue weighted by atomic mass is 10.2. The zero-order valence-corrected chi connectivity index (χ0v) is 7.76. The summed E-state index contributed by atoms with van der Waals surface area (Å²) in [6.45, 7) is 3.27. The third kappa shape index (κ3) is 5.03. The number of ketones is 1. The second kappa shape index (κ2) is 5.05. The second-order valence-corrected chi connectivity index (χ2v) is 4.06. The lowest BCUT2D eigenvalue weighted by molar-refractivity contribution is -0.114. The van der Waals surface area contributed by atoms with E-state index in [1.165, 1.54) is 6.08 Å². The number of allylic oxidation sites excluding steroid dienone is 1. The first-order chi connectivity index (χ1) is 5.52. The van der Waals surface area contributed by atoms with Gasteiger partial charge in [-0.15, -0.1) is 0 Å². The molecule has 0 spiro atoms. The lowest BCUT2D eigenvalue weighted by Gasteiger charge is -1.98. The van der Waals surface area contributed by atoms with E-state index in [0.717, 1.165) is 7.11 Å². The molecule has 0 saturated carbocycles. The van der Waals surface area contributed by atoms with Gasteiger partial charge in [-0.3, -0.25) is 8.98 Å². The number of hydrogen-bond donors (Lipinski definition) is 0. The van der Waals surface area contributed by atoms with E-state index in [2.05, 4.69) is 10.8 Å². The molecular formula is C7H12O4S. The maximum absolute atomic E-state index is 10.7. The summed E-state index contributed by atoms with van der Waals surface area (Å²) in [5.41, 5.74) is 0. The predicted molar refractivity (Wildman–Crippen MR) is 45.2 cm³/mol. The molecule has 4 nitrogen and oxygen atoms in total. The van der Waals surface area contributed by atoms with Crippen molar-refractivity contribution in [1.82, 2.24) is 0 Å². The first-order valence-electron chi connectivity index (χ1n) is 3.45. The van der Waals surface area contributed by atoms with Crippen molar-refractivity contribution in [2.45, 2.75) is 12.8 Å². The Bertz CT molecular complexity index is 253. The van der Waals surface area contributed by atoms with Crippen LogP contribution in [0, 0.1) is 0 Å². The van der Waals surface area contributed by atoms with Crippen molar-refractivity contribution in [2.75, 3.05) is 12.9 Å². The summed E-state index contributed by atoms with van der Waals surface area (Å²) < 4.78 is 25.6. The summed E-state index contributed by atoms with van der Waals surface area (Å²) in [5, 5.41) is 0.